The van der Waals surface area contributed by atoms with Gasteiger partial charge in [0.25, 0.3) is 0 Å². The van der Waals surface area contributed by atoms with Crippen molar-refractivity contribution >= 4 is 17.0 Å². The number of aryl methyl sites for hydroxylation is 3. The van der Waals surface area contributed by atoms with Crippen molar-refractivity contribution < 1.29 is 0 Å². The van der Waals surface area contributed by atoms with Crippen LogP contribution in [-0.4, -0.2) is 42.8 Å². The van der Waals surface area contributed by atoms with E-state index in [0.717, 1.165) is 61.8 Å². The van der Waals surface area contributed by atoms with E-state index in [0.29, 0.717) is 5.92 Å². The predicted molar refractivity (Wildman–Crippen MR) is 96.9 cm³/mol. The van der Waals surface area contributed by atoms with E-state index in [2.05, 4.69) is 33.1 Å². The van der Waals surface area contributed by atoms with Gasteiger partial charge in [0.2, 0.25) is 0 Å². The maximum absolute atomic E-state index is 4.85. The normalized spacial score (nSPS) is 18.9. The Kier molecular flexibility index (Phi) is 3.78. The van der Waals surface area contributed by atoms with E-state index >= 15 is 0 Å². The minimum atomic E-state index is 0.460. The molecule has 3 aromatic heterocycles. The van der Waals surface area contributed by atoms with Gasteiger partial charge < -0.3 is 0 Å². The number of likely N-dealkylation sites (tertiary alicyclic amines) is 1. The molecule has 0 spiro atoms. The van der Waals surface area contributed by atoms with Crippen molar-refractivity contribution in [1.29, 1.82) is 0 Å². The smallest absolute Gasteiger partial charge is 0.178 e. The quantitative estimate of drug-likeness (QED) is 0.724. The molecule has 0 aromatic carbocycles. The minimum absolute atomic E-state index is 0.460. The molecule has 4 heterocycles. The number of fused-ring (bicyclic) bond motifs is 2. The Morgan fingerprint density at radius 1 is 1.20 bits per heavy atom. The maximum atomic E-state index is 4.85. The largest absolute Gasteiger partial charge is 0.298 e. The average Bonchev–Trinajstić information content (AvgIpc) is 3.33. The van der Waals surface area contributed by atoms with Crippen LogP contribution in [0.2, 0.25) is 0 Å². The highest BCUT2D eigenvalue weighted by Crippen LogP contribution is 2.29. The van der Waals surface area contributed by atoms with E-state index < -0.39 is 0 Å². The summed E-state index contributed by atoms with van der Waals surface area (Å²) < 4.78 is 2.01. The van der Waals surface area contributed by atoms with Crippen LogP contribution in [0.1, 0.15) is 52.1 Å². The fourth-order valence-electron chi connectivity index (χ4n) is 4.10. The van der Waals surface area contributed by atoms with E-state index in [1.807, 2.05) is 10.7 Å². The average molecular weight is 354 g/mol. The van der Waals surface area contributed by atoms with Crippen LogP contribution in [0.25, 0.3) is 5.65 Å². The number of nitrogens with zero attached hydrogens (tertiary/aromatic N) is 6. The molecule has 0 atom stereocenters. The molecule has 1 fully saturated rings. The van der Waals surface area contributed by atoms with Gasteiger partial charge in [-0.25, -0.2) is 4.98 Å². The van der Waals surface area contributed by atoms with Crippen LogP contribution >= 0.6 is 11.3 Å². The zero-order valence-electron chi connectivity index (χ0n) is 14.5. The third kappa shape index (κ3) is 2.85. The van der Waals surface area contributed by atoms with Gasteiger partial charge in [0.15, 0.2) is 11.5 Å². The van der Waals surface area contributed by atoms with Gasteiger partial charge in [-0.05, 0) is 63.7 Å². The van der Waals surface area contributed by atoms with Gasteiger partial charge in [-0.15, -0.1) is 21.5 Å². The number of hydrogen-bond acceptors (Lipinski definition) is 6. The molecule has 5 rings (SSSR count). The summed E-state index contributed by atoms with van der Waals surface area (Å²) in [5, 5.41) is 14.9. The molecule has 0 bridgehead atoms. The molecule has 2 aliphatic rings. The zero-order chi connectivity index (χ0) is 16.8. The Hall–Kier alpha value is -1.86. The van der Waals surface area contributed by atoms with Crippen molar-refractivity contribution in [2.24, 2.45) is 0 Å². The highest BCUT2D eigenvalue weighted by molar-refractivity contribution is 7.11. The predicted octanol–water partition coefficient (Wildman–Crippen LogP) is 2.76. The van der Waals surface area contributed by atoms with Crippen LogP contribution in [0.4, 0.5) is 0 Å². The fourth-order valence-corrected chi connectivity index (χ4v) is 4.93. The molecule has 7 heteroatoms. The topological polar surface area (TPSA) is 59.2 Å². The summed E-state index contributed by atoms with van der Waals surface area (Å²) in [6.45, 7) is 5.29. The molecule has 25 heavy (non-hydrogen) atoms. The van der Waals surface area contributed by atoms with E-state index in [-0.39, 0.29) is 0 Å². The van der Waals surface area contributed by atoms with Gasteiger partial charge in [-0.2, -0.15) is 9.61 Å². The number of piperidine rings is 1. The summed E-state index contributed by atoms with van der Waals surface area (Å²) in [5.74, 6) is 1.51. The summed E-state index contributed by atoms with van der Waals surface area (Å²) in [7, 11) is 0. The summed E-state index contributed by atoms with van der Waals surface area (Å²) in [4.78, 5) is 8.25. The second-order valence-electron chi connectivity index (χ2n) is 7.19. The molecule has 0 radical (unpaired) electrons. The van der Waals surface area contributed by atoms with Crippen LogP contribution in [0.15, 0.2) is 12.3 Å². The lowest BCUT2D eigenvalue weighted by Crippen LogP contribution is -2.32. The summed E-state index contributed by atoms with van der Waals surface area (Å²) >= 11 is 1.80. The van der Waals surface area contributed by atoms with Crippen molar-refractivity contribution in [3.05, 3.63) is 39.2 Å². The Morgan fingerprint density at radius 3 is 2.88 bits per heavy atom. The zero-order valence-corrected chi connectivity index (χ0v) is 15.3. The van der Waals surface area contributed by atoms with Gasteiger partial charge in [0, 0.05) is 23.5 Å². The summed E-state index contributed by atoms with van der Waals surface area (Å²) in [6.07, 6.45) is 7.71. The maximum Gasteiger partial charge on any atom is 0.178 e. The molecule has 1 saturated heterocycles. The van der Waals surface area contributed by atoms with Crippen LogP contribution in [0, 0.1) is 6.92 Å². The Labute approximate surface area is 150 Å². The Morgan fingerprint density at radius 2 is 2.08 bits per heavy atom. The van der Waals surface area contributed by atoms with Crippen molar-refractivity contribution in [3.8, 4) is 0 Å². The van der Waals surface area contributed by atoms with E-state index in [9.17, 15) is 0 Å². The summed E-state index contributed by atoms with van der Waals surface area (Å²) in [6, 6.07) is 2.19. The first-order chi connectivity index (χ1) is 12.3. The molecule has 0 saturated carbocycles. The van der Waals surface area contributed by atoms with Gasteiger partial charge in [-0.3, -0.25) is 4.90 Å². The number of thiazole rings is 1. The molecule has 0 amide bonds. The molecule has 130 valence electrons. The monoisotopic (exact) mass is 354 g/mol. The van der Waals surface area contributed by atoms with Crippen LogP contribution in [0.5, 0.6) is 0 Å². The number of hydrogen-bond donors (Lipinski definition) is 0. The SMILES string of the molecule is Cc1ncc(CN2CCC(c3nnc4cc5c(nn34)CCC5)CC2)s1. The third-order valence-electron chi connectivity index (χ3n) is 5.44. The standard InChI is InChI=1S/C18H22N6S/c1-12-19-10-15(25-12)11-23-7-5-13(6-8-23)18-21-20-17-9-14-3-2-4-16(14)22-24(17)18/h9-10,13H,2-8,11H2,1H3. The fraction of sp³-hybridized carbons (Fsp3) is 0.556. The van der Waals surface area contributed by atoms with Crippen molar-refractivity contribution in [2.45, 2.75) is 51.5 Å². The first kappa shape index (κ1) is 15.4. The lowest BCUT2D eigenvalue weighted by molar-refractivity contribution is 0.202. The summed E-state index contributed by atoms with van der Waals surface area (Å²) in [5.41, 5.74) is 3.52. The highest BCUT2D eigenvalue weighted by atomic mass is 32.1. The second kappa shape index (κ2) is 6.14. The van der Waals surface area contributed by atoms with Crippen LogP contribution in [0.3, 0.4) is 0 Å². The Bertz CT molecular complexity index is 906. The molecule has 3 aromatic rings. The lowest BCUT2D eigenvalue weighted by atomic mass is 9.96. The first-order valence-corrected chi connectivity index (χ1v) is 9.96. The molecular formula is C18H22N6S. The lowest BCUT2D eigenvalue weighted by Gasteiger charge is -2.30. The first-order valence-electron chi connectivity index (χ1n) is 9.14. The van der Waals surface area contributed by atoms with E-state index in [1.54, 1.807) is 11.3 Å². The number of rotatable bonds is 3. The second-order valence-corrected chi connectivity index (χ2v) is 8.51. The van der Waals surface area contributed by atoms with Crippen molar-refractivity contribution in [1.82, 2.24) is 29.7 Å². The minimum Gasteiger partial charge on any atom is -0.298 e. The molecule has 1 aliphatic heterocycles. The van der Waals surface area contributed by atoms with Crippen molar-refractivity contribution in [2.75, 3.05) is 13.1 Å². The molecule has 1 aliphatic carbocycles. The molecule has 0 N–H and O–H groups in total. The van der Waals surface area contributed by atoms with Crippen molar-refractivity contribution in [3.63, 3.8) is 0 Å². The number of aromatic nitrogens is 5. The van der Waals surface area contributed by atoms with E-state index in [1.165, 1.54) is 22.6 Å². The highest BCUT2D eigenvalue weighted by Gasteiger charge is 2.26. The van der Waals surface area contributed by atoms with Crippen LogP contribution in [-0.2, 0) is 19.4 Å². The van der Waals surface area contributed by atoms with E-state index in [4.69, 9.17) is 5.10 Å². The molecule has 0 unspecified atom stereocenters. The van der Waals surface area contributed by atoms with Gasteiger partial charge >= 0.3 is 0 Å². The van der Waals surface area contributed by atoms with Gasteiger partial charge in [-0.1, -0.05) is 0 Å². The molecule has 6 nitrogen and oxygen atoms in total. The van der Waals surface area contributed by atoms with Gasteiger partial charge in [0.1, 0.15) is 0 Å². The Balaban J connectivity index is 1.31. The third-order valence-corrected chi connectivity index (χ3v) is 6.34. The molecular weight excluding hydrogens is 332 g/mol. The van der Waals surface area contributed by atoms with Crippen LogP contribution < -0.4 is 0 Å². The van der Waals surface area contributed by atoms with Gasteiger partial charge in [0.05, 0.1) is 10.7 Å².